The Labute approximate surface area is 142 Å². The molecule has 6 nitrogen and oxygen atoms in total. The van der Waals surface area contributed by atoms with Crippen LogP contribution in [0.1, 0.15) is 10.5 Å². The smallest absolute Gasteiger partial charge is 0.243 e. The zero-order chi connectivity index (χ0) is 16.8. The number of aromatic nitrogens is 2. The van der Waals surface area contributed by atoms with Crippen LogP contribution in [0, 0.1) is 11.3 Å². The molecule has 0 amide bonds. The molecule has 116 valence electrons. The van der Waals surface area contributed by atoms with Gasteiger partial charge in [0.05, 0.1) is 5.69 Å². The van der Waals surface area contributed by atoms with Gasteiger partial charge in [0.2, 0.25) is 11.5 Å². The lowest BCUT2D eigenvalue weighted by molar-refractivity contribution is 0.106. The zero-order valence-electron chi connectivity index (χ0n) is 12.4. The van der Waals surface area contributed by atoms with Crippen molar-refractivity contribution in [3.8, 4) is 16.6 Å². The van der Waals surface area contributed by atoms with Crippen molar-refractivity contribution in [2.75, 3.05) is 5.43 Å². The molecule has 0 aliphatic rings. The molecule has 0 saturated carbocycles. The van der Waals surface area contributed by atoms with E-state index in [4.69, 9.17) is 0 Å². The standard InChI is InChI=1S/C17H11N5OS/c18-9-14(22-21-13-6-2-1-3-7-13)16(23)15-11-24-17(20-15)12-5-4-8-19-10-12/h1-8,10-11,21H/b22-14+. The molecule has 7 heteroatoms. The first kappa shape index (κ1) is 15.5. The molecule has 0 saturated heterocycles. The van der Waals surface area contributed by atoms with E-state index in [-0.39, 0.29) is 11.4 Å². The van der Waals surface area contributed by atoms with E-state index in [9.17, 15) is 10.1 Å². The van der Waals surface area contributed by atoms with E-state index < -0.39 is 5.78 Å². The fourth-order valence-corrected chi connectivity index (χ4v) is 2.67. The quantitative estimate of drug-likeness (QED) is 0.439. The Morgan fingerprint density at radius 1 is 1.21 bits per heavy atom. The van der Waals surface area contributed by atoms with Crippen molar-refractivity contribution in [2.45, 2.75) is 0 Å². The Bertz CT molecular complexity index is 913. The normalized spacial score (nSPS) is 10.9. The Kier molecular flexibility index (Phi) is 4.70. The highest BCUT2D eigenvalue weighted by Gasteiger charge is 2.18. The fourth-order valence-electron chi connectivity index (χ4n) is 1.88. The van der Waals surface area contributed by atoms with Crippen molar-refractivity contribution < 1.29 is 4.79 Å². The number of nitrogens with one attached hydrogen (secondary N) is 1. The average molecular weight is 333 g/mol. The lowest BCUT2D eigenvalue weighted by atomic mass is 10.2. The largest absolute Gasteiger partial charge is 0.284 e. The van der Waals surface area contributed by atoms with Crippen LogP contribution >= 0.6 is 11.3 Å². The van der Waals surface area contributed by atoms with Gasteiger partial charge in [-0.2, -0.15) is 10.4 Å². The summed E-state index contributed by atoms with van der Waals surface area (Å²) in [6, 6.07) is 14.5. The van der Waals surface area contributed by atoms with Gasteiger partial charge in [-0.25, -0.2) is 4.98 Å². The van der Waals surface area contributed by atoms with E-state index in [1.165, 1.54) is 11.3 Å². The van der Waals surface area contributed by atoms with Gasteiger partial charge in [-0.05, 0) is 24.3 Å². The number of anilines is 1. The molecule has 1 N–H and O–H groups in total. The van der Waals surface area contributed by atoms with Gasteiger partial charge in [-0.1, -0.05) is 18.2 Å². The van der Waals surface area contributed by atoms with Crippen molar-refractivity contribution in [1.82, 2.24) is 9.97 Å². The third kappa shape index (κ3) is 3.51. The number of rotatable bonds is 5. The van der Waals surface area contributed by atoms with Crippen LogP contribution in [0.15, 0.2) is 65.3 Å². The van der Waals surface area contributed by atoms with Crippen LogP contribution in [0.25, 0.3) is 10.6 Å². The van der Waals surface area contributed by atoms with Gasteiger partial charge in [-0.3, -0.25) is 15.2 Å². The number of hydrazone groups is 1. The molecule has 0 atom stereocenters. The van der Waals surface area contributed by atoms with Gasteiger partial charge in [-0.15, -0.1) is 11.3 Å². The van der Waals surface area contributed by atoms with Crippen LogP contribution in [-0.2, 0) is 0 Å². The number of Topliss-reactive ketones (excluding diaryl/α,β-unsaturated/α-hetero) is 1. The number of carbonyl (C=O) groups is 1. The summed E-state index contributed by atoms with van der Waals surface area (Å²) in [5.41, 5.74) is 4.14. The maximum absolute atomic E-state index is 12.4. The van der Waals surface area contributed by atoms with Crippen molar-refractivity contribution in [3.05, 3.63) is 65.9 Å². The predicted molar refractivity (Wildman–Crippen MR) is 92.8 cm³/mol. The molecule has 0 aliphatic carbocycles. The number of carbonyl (C=O) groups excluding carboxylic acids is 1. The number of thiazole rings is 1. The molecule has 0 spiro atoms. The molecule has 3 rings (SSSR count). The van der Waals surface area contributed by atoms with Crippen LogP contribution in [0.5, 0.6) is 0 Å². The number of benzene rings is 1. The topological polar surface area (TPSA) is 91.0 Å². The average Bonchev–Trinajstić information content (AvgIpc) is 3.14. The Morgan fingerprint density at radius 3 is 2.75 bits per heavy atom. The van der Waals surface area contributed by atoms with Gasteiger partial charge >= 0.3 is 0 Å². The fraction of sp³-hybridized carbons (Fsp3) is 0. The zero-order valence-corrected chi connectivity index (χ0v) is 13.2. The highest BCUT2D eigenvalue weighted by molar-refractivity contribution is 7.13. The summed E-state index contributed by atoms with van der Waals surface area (Å²) in [5.74, 6) is -0.521. The third-order valence-corrected chi connectivity index (χ3v) is 3.93. The SMILES string of the molecule is N#C/C(=N\Nc1ccccc1)C(=O)c1csc(-c2cccnc2)n1. The van der Waals surface area contributed by atoms with Crippen molar-refractivity contribution in [2.24, 2.45) is 5.10 Å². The Hall–Kier alpha value is -3.37. The first-order valence-corrected chi connectivity index (χ1v) is 7.85. The summed E-state index contributed by atoms with van der Waals surface area (Å²) in [7, 11) is 0. The number of hydrogen-bond donors (Lipinski definition) is 1. The van der Waals surface area contributed by atoms with Crippen molar-refractivity contribution in [3.63, 3.8) is 0 Å². The van der Waals surface area contributed by atoms with Gasteiger partial charge in [0.25, 0.3) is 0 Å². The second-order valence-electron chi connectivity index (χ2n) is 4.66. The molecule has 0 bridgehead atoms. The maximum Gasteiger partial charge on any atom is 0.243 e. The maximum atomic E-state index is 12.4. The molecule has 3 aromatic rings. The molecule has 0 aliphatic heterocycles. The summed E-state index contributed by atoms with van der Waals surface area (Å²) in [6.07, 6.45) is 3.34. The second-order valence-corrected chi connectivity index (χ2v) is 5.52. The summed E-state index contributed by atoms with van der Waals surface area (Å²) in [5, 5.41) is 15.3. The molecule has 1 aromatic carbocycles. The molecule has 2 aromatic heterocycles. The molecule has 0 radical (unpaired) electrons. The van der Waals surface area contributed by atoms with E-state index >= 15 is 0 Å². The second kappa shape index (κ2) is 7.26. The number of nitrogens with zero attached hydrogens (tertiary/aromatic N) is 4. The minimum absolute atomic E-state index is 0.189. The van der Waals surface area contributed by atoms with Crippen LogP contribution in [0.4, 0.5) is 5.69 Å². The summed E-state index contributed by atoms with van der Waals surface area (Å²) in [4.78, 5) is 20.7. The highest BCUT2D eigenvalue weighted by atomic mass is 32.1. The monoisotopic (exact) mass is 333 g/mol. The van der Waals surface area contributed by atoms with Crippen LogP contribution in [0.3, 0.4) is 0 Å². The summed E-state index contributed by atoms with van der Waals surface area (Å²) in [6.45, 7) is 0. The minimum atomic E-state index is -0.521. The summed E-state index contributed by atoms with van der Waals surface area (Å²) >= 11 is 1.32. The molecule has 2 heterocycles. The Morgan fingerprint density at radius 2 is 2.04 bits per heavy atom. The first-order valence-electron chi connectivity index (χ1n) is 6.97. The van der Waals surface area contributed by atoms with Gasteiger partial charge in [0.15, 0.2) is 0 Å². The predicted octanol–water partition coefficient (Wildman–Crippen LogP) is 3.38. The van der Waals surface area contributed by atoms with Crippen LogP contribution < -0.4 is 5.43 Å². The minimum Gasteiger partial charge on any atom is -0.284 e. The third-order valence-electron chi connectivity index (χ3n) is 3.04. The highest BCUT2D eigenvalue weighted by Crippen LogP contribution is 2.23. The first-order chi connectivity index (χ1) is 11.8. The van der Waals surface area contributed by atoms with Crippen LogP contribution in [-0.4, -0.2) is 21.5 Å². The number of pyridine rings is 1. The van der Waals surface area contributed by atoms with Gasteiger partial charge < -0.3 is 0 Å². The van der Waals surface area contributed by atoms with Crippen LogP contribution in [0.2, 0.25) is 0 Å². The van der Waals surface area contributed by atoms with E-state index in [0.29, 0.717) is 10.7 Å². The number of ketones is 1. The number of nitriles is 1. The van der Waals surface area contributed by atoms with Crippen molar-refractivity contribution in [1.29, 1.82) is 5.26 Å². The molecular formula is C17H11N5OS. The number of para-hydroxylation sites is 1. The molecule has 0 unspecified atom stereocenters. The molecular weight excluding hydrogens is 322 g/mol. The van der Waals surface area contributed by atoms with E-state index in [2.05, 4.69) is 20.5 Å². The Balaban J connectivity index is 1.80. The molecule has 0 fully saturated rings. The van der Waals surface area contributed by atoms with Crippen molar-refractivity contribution >= 4 is 28.5 Å². The number of hydrogen-bond acceptors (Lipinski definition) is 7. The lowest BCUT2D eigenvalue weighted by Crippen LogP contribution is -2.14. The molecule has 24 heavy (non-hydrogen) atoms. The summed E-state index contributed by atoms with van der Waals surface area (Å²) < 4.78 is 0. The van der Waals surface area contributed by atoms with E-state index in [1.54, 1.807) is 36.0 Å². The van der Waals surface area contributed by atoms with Gasteiger partial charge in [0.1, 0.15) is 16.8 Å². The van der Waals surface area contributed by atoms with E-state index in [0.717, 1.165) is 5.56 Å². The lowest BCUT2D eigenvalue weighted by Gasteiger charge is -1.99. The van der Waals surface area contributed by atoms with Gasteiger partial charge in [0, 0.05) is 23.3 Å². The van der Waals surface area contributed by atoms with E-state index in [1.807, 2.05) is 30.3 Å².